The maximum Gasteiger partial charge on any atom is 0.104 e. The standard InChI is InChI=1S/C15H15BrO/c1-2-11-6-8-12(9-7-11)15(17)13-4-3-5-14(16)10-13/h3-10,15,17H,2H2,1H3/t15-/m0/s1. The molecule has 2 aromatic rings. The molecule has 0 radical (unpaired) electrons. The molecule has 0 saturated heterocycles. The largest absolute Gasteiger partial charge is 0.384 e. The summed E-state index contributed by atoms with van der Waals surface area (Å²) in [6.07, 6.45) is 0.464. The molecule has 17 heavy (non-hydrogen) atoms. The van der Waals surface area contributed by atoms with Crippen LogP contribution in [-0.2, 0) is 6.42 Å². The highest BCUT2D eigenvalue weighted by Crippen LogP contribution is 2.24. The van der Waals surface area contributed by atoms with E-state index in [0.717, 1.165) is 22.0 Å². The Labute approximate surface area is 110 Å². The summed E-state index contributed by atoms with van der Waals surface area (Å²) in [6, 6.07) is 15.9. The number of benzene rings is 2. The van der Waals surface area contributed by atoms with E-state index in [4.69, 9.17) is 0 Å². The molecule has 0 aromatic heterocycles. The van der Waals surface area contributed by atoms with Gasteiger partial charge in [0.15, 0.2) is 0 Å². The van der Waals surface area contributed by atoms with E-state index in [1.165, 1.54) is 5.56 Å². The van der Waals surface area contributed by atoms with Gasteiger partial charge in [-0.15, -0.1) is 0 Å². The Hall–Kier alpha value is -1.12. The lowest BCUT2D eigenvalue weighted by atomic mass is 10.00. The molecular weight excluding hydrogens is 276 g/mol. The third-order valence-corrected chi connectivity index (χ3v) is 3.36. The fourth-order valence-electron chi connectivity index (χ4n) is 1.80. The van der Waals surface area contributed by atoms with E-state index in [2.05, 4.69) is 35.0 Å². The Morgan fingerprint density at radius 1 is 1.06 bits per heavy atom. The molecule has 1 atom stereocenters. The van der Waals surface area contributed by atoms with Gasteiger partial charge in [-0.2, -0.15) is 0 Å². The molecule has 0 bridgehead atoms. The van der Waals surface area contributed by atoms with E-state index < -0.39 is 6.10 Å². The topological polar surface area (TPSA) is 20.2 Å². The van der Waals surface area contributed by atoms with Crippen molar-refractivity contribution in [2.75, 3.05) is 0 Å². The fraction of sp³-hybridized carbons (Fsp3) is 0.200. The van der Waals surface area contributed by atoms with Gasteiger partial charge in [-0.3, -0.25) is 0 Å². The van der Waals surface area contributed by atoms with Crippen molar-refractivity contribution in [3.05, 3.63) is 69.7 Å². The van der Waals surface area contributed by atoms with Crippen LogP contribution in [-0.4, -0.2) is 5.11 Å². The summed E-state index contributed by atoms with van der Waals surface area (Å²) in [6.45, 7) is 2.12. The molecule has 0 fully saturated rings. The lowest BCUT2D eigenvalue weighted by Gasteiger charge is -2.12. The van der Waals surface area contributed by atoms with Gasteiger partial charge < -0.3 is 5.11 Å². The Morgan fingerprint density at radius 3 is 2.35 bits per heavy atom. The Kier molecular flexibility index (Phi) is 3.97. The molecule has 1 nitrogen and oxygen atoms in total. The first kappa shape index (κ1) is 12.3. The molecule has 0 amide bonds. The molecule has 0 saturated carbocycles. The zero-order valence-electron chi connectivity index (χ0n) is 9.73. The van der Waals surface area contributed by atoms with E-state index >= 15 is 0 Å². The summed E-state index contributed by atoms with van der Waals surface area (Å²) < 4.78 is 0.985. The molecule has 0 aliphatic carbocycles. The third-order valence-electron chi connectivity index (χ3n) is 2.87. The van der Waals surface area contributed by atoms with Crippen molar-refractivity contribution in [3.63, 3.8) is 0 Å². The lowest BCUT2D eigenvalue weighted by molar-refractivity contribution is 0.220. The lowest BCUT2D eigenvalue weighted by Crippen LogP contribution is -1.99. The number of halogens is 1. The summed E-state index contributed by atoms with van der Waals surface area (Å²) in [5.74, 6) is 0. The average Bonchev–Trinajstić information content (AvgIpc) is 2.38. The average molecular weight is 291 g/mol. The van der Waals surface area contributed by atoms with Crippen molar-refractivity contribution in [3.8, 4) is 0 Å². The highest BCUT2D eigenvalue weighted by molar-refractivity contribution is 9.10. The monoisotopic (exact) mass is 290 g/mol. The molecular formula is C15H15BrO. The van der Waals surface area contributed by atoms with Crippen LogP contribution in [0.5, 0.6) is 0 Å². The van der Waals surface area contributed by atoms with Gasteiger partial charge >= 0.3 is 0 Å². The van der Waals surface area contributed by atoms with Gasteiger partial charge in [0.1, 0.15) is 6.10 Å². The summed E-state index contributed by atoms with van der Waals surface area (Å²) in [4.78, 5) is 0. The highest BCUT2D eigenvalue weighted by atomic mass is 79.9. The van der Waals surface area contributed by atoms with Crippen LogP contribution < -0.4 is 0 Å². The van der Waals surface area contributed by atoms with E-state index in [9.17, 15) is 5.11 Å². The second kappa shape index (κ2) is 5.48. The number of aliphatic hydroxyl groups excluding tert-OH is 1. The van der Waals surface area contributed by atoms with Crippen LogP contribution >= 0.6 is 15.9 Å². The highest BCUT2D eigenvalue weighted by Gasteiger charge is 2.10. The van der Waals surface area contributed by atoms with E-state index in [0.29, 0.717) is 0 Å². The van der Waals surface area contributed by atoms with E-state index in [-0.39, 0.29) is 0 Å². The molecule has 2 aromatic carbocycles. The molecule has 2 rings (SSSR count). The fourth-order valence-corrected chi connectivity index (χ4v) is 2.22. The smallest absolute Gasteiger partial charge is 0.104 e. The Balaban J connectivity index is 2.27. The minimum absolute atomic E-state index is 0.557. The molecule has 0 aliphatic heterocycles. The van der Waals surface area contributed by atoms with Gasteiger partial charge in [-0.25, -0.2) is 0 Å². The number of aliphatic hydroxyl groups is 1. The van der Waals surface area contributed by atoms with E-state index in [1.807, 2.05) is 36.4 Å². The number of aryl methyl sites for hydroxylation is 1. The predicted octanol–water partition coefficient (Wildman–Crippen LogP) is 4.09. The SMILES string of the molecule is CCc1ccc([C@H](O)c2cccc(Br)c2)cc1. The van der Waals surface area contributed by atoms with Crippen molar-refractivity contribution in [2.24, 2.45) is 0 Å². The molecule has 0 spiro atoms. The van der Waals surface area contributed by atoms with Gasteiger partial charge in [0, 0.05) is 4.47 Å². The van der Waals surface area contributed by atoms with Gasteiger partial charge in [-0.05, 0) is 35.2 Å². The maximum absolute atomic E-state index is 10.3. The van der Waals surface area contributed by atoms with Crippen LogP contribution in [0.1, 0.15) is 29.7 Å². The predicted molar refractivity (Wildman–Crippen MR) is 74.0 cm³/mol. The van der Waals surface area contributed by atoms with Gasteiger partial charge in [0.25, 0.3) is 0 Å². The summed E-state index contributed by atoms with van der Waals surface area (Å²) in [5, 5.41) is 10.3. The number of hydrogen-bond acceptors (Lipinski definition) is 1. The summed E-state index contributed by atoms with van der Waals surface area (Å²) in [7, 11) is 0. The van der Waals surface area contributed by atoms with Crippen molar-refractivity contribution in [1.29, 1.82) is 0 Å². The Morgan fingerprint density at radius 2 is 1.76 bits per heavy atom. The minimum atomic E-state index is -0.557. The number of rotatable bonds is 3. The molecule has 1 N–H and O–H groups in total. The zero-order valence-corrected chi connectivity index (χ0v) is 11.3. The van der Waals surface area contributed by atoms with Crippen LogP contribution in [0.3, 0.4) is 0 Å². The molecule has 0 aliphatic rings. The first-order chi connectivity index (χ1) is 8.20. The van der Waals surface area contributed by atoms with Crippen molar-refractivity contribution in [1.82, 2.24) is 0 Å². The van der Waals surface area contributed by atoms with Crippen molar-refractivity contribution < 1.29 is 5.11 Å². The minimum Gasteiger partial charge on any atom is -0.384 e. The second-order valence-electron chi connectivity index (χ2n) is 4.05. The third kappa shape index (κ3) is 2.96. The number of hydrogen-bond donors (Lipinski definition) is 1. The van der Waals surface area contributed by atoms with Gasteiger partial charge in [-0.1, -0.05) is 59.3 Å². The van der Waals surface area contributed by atoms with Crippen LogP contribution in [0.4, 0.5) is 0 Å². The first-order valence-corrected chi connectivity index (χ1v) is 6.52. The van der Waals surface area contributed by atoms with Crippen molar-refractivity contribution in [2.45, 2.75) is 19.4 Å². The summed E-state index contributed by atoms with van der Waals surface area (Å²) in [5.41, 5.74) is 3.12. The Bertz CT molecular complexity index is 491. The molecule has 0 heterocycles. The first-order valence-electron chi connectivity index (χ1n) is 5.73. The second-order valence-corrected chi connectivity index (χ2v) is 4.97. The van der Waals surface area contributed by atoms with Crippen LogP contribution in [0.15, 0.2) is 53.0 Å². The molecule has 88 valence electrons. The van der Waals surface area contributed by atoms with E-state index in [1.54, 1.807) is 0 Å². The quantitative estimate of drug-likeness (QED) is 0.903. The summed E-state index contributed by atoms with van der Waals surface area (Å²) >= 11 is 3.41. The van der Waals surface area contributed by atoms with Gasteiger partial charge in [0.05, 0.1) is 0 Å². The normalized spacial score (nSPS) is 12.4. The molecule has 2 heteroatoms. The van der Waals surface area contributed by atoms with Crippen LogP contribution in [0.2, 0.25) is 0 Å². The van der Waals surface area contributed by atoms with Crippen LogP contribution in [0.25, 0.3) is 0 Å². The molecule has 0 unspecified atom stereocenters. The van der Waals surface area contributed by atoms with Gasteiger partial charge in [0.2, 0.25) is 0 Å². The maximum atomic E-state index is 10.3. The van der Waals surface area contributed by atoms with Crippen LogP contribution in [0, 0.1) is 0 Å². The zero-order chi connectivity index (χ0) is 12.3. The van der Waals surface area contributed by atoms with Crippen molar-refractivity contribution >= 4 is 15.9 Å².